The van der Waals surface area contributed by atoms with E-state index in [9.17, 15) is 19.8 Å². The van der Waals surface area contributed by atoms with Crippen LogP contribution in [0.15, 0.2) is 24.0 Å². The third kappa shape index (κ3) is 2.34. The first-order valence-corrected chi connectivity index (χ1v) is 10.2. The van der Waals surface area contributed by atoms with Crippen LogP contribution >= 0.6 is 0 Å². The fourth-order valence-electron chi connectivity index (χ4n) is 6.11. The monoisotopic (exact) mass is 416 g/mol. The predicted octanol–water partition coefficient (Wildman–Crippen LogP) is 1.45. The number of ether oxygens (including phenoxy) is 3. The normalized spacial score (nSPS) is 33.6. The van der Waals surface area contributed by atoms with Gasteiger partial charge in [-0.05, 0) is 49.3 Å². The predicted molar refractivity (Wildman–Crippen MR) is 102 cm³/mol. The maximum absolute atomic E-state index is 12.3. The summed E-state index contributed by atoms with van der Waals surface area (Å²) in [6.07, 6.45) is 1.92. The second-order valence-electron chi connectivity index (χ2n) is 8.66. The van der Waals surface area contributed by atoms with Crippen LogP contribution in [0.2, 0.25) is 0 Å². The van der Waals surface area contributed by atoms with Crippen molar-refractivity contribution < 1.29 is 39.1 Å². The van der Waals surface area contributed by atoms with Gasteiger partial charge in [-0.2, -0.15) is 0 Å². The molecular formula is C22H24O8. The lowest BCUT2D eigenvalue weighted by Gasteiger charge is -2.59. The van der Waals surface area contributed by atoms with Crippen LogP contribution in [-0.4, -0.2) is 52.2 Å². The van der Waals surface area contributed by atoms with Crippen molar-refractivity contribution in [2.45, 2.75) is 61.7 Å². The second-order valence-corrected chi connectivity index (χ2v) is 8.66. The van der Waals surface area contributed by atoms with Gasteiger partial charge in [-0.3, -0.25) is 4.79 Å². The molecular weight excluding hydrogens is 392 g/mol. The SMILES string of the molecule is COc1ccc2c3c1O[C@H]1C(OC(=O)[C@@H](O)CC(=O)O)=CC[C@@]4(O)[C@H](CCCC314)C2. The lowest BCUT2D eigenvalue weighted by molar-refractivity contribution is -0.166. The fourth-order valence-corrected chi connectivity index (χ4v) is 6.11. The van der Waals surface area contributed by atoms with Crippen molar-refractivity contribution >= 4 is 11.9 Å². The third-order valence-corrected chi connectivity index (χ3v) is 7.33. The number of benzene rings is 1. The van der Waals surface area contributed by atoms with Crippen LogP contribution in [0.3, 0.4) is 0 Å². The molecule has 1 aromatic rings. The summed E-state index contributed by atoms with van der Waals surface area (Å²) in [6, 6.07) is 3.87. The Kier molecular flexibility index (Phi) is 4.17. The van der Waals surface area contributed by atoms with E-state index in [0.29, 0.717) is 24.3 Å². The van der Waals surface area contributed by atoms with Gasteiger partial charge in [0, 0.05) is 5.56 Å². The number of carbonyl (C=O) groups is 2. The molecule has 1 aromatic carbocycles. The maximum atomic E-state index is 12.3. The minimum absolute atomic E-state index is 0.0651. The molecule has 0 radical (unpaired) electrons. The van der Waals surface area contributed by atoms with Crippen molar-refractivity contribution in [2.24, 2.45) is 5.92 Å². The molecule has 160 valence electrons. The first kappa shape index (κ1) is 19.4. The number of aliphatic hydroxyl groups is 2. The zero-order chi connectivity index (χ0) is 21.3. The maximum Gasteiger partial charge on any atom is 0.340 e. The summed E-state index contributed by atoms with van der Waals surface area (Å²) in [5, 5.41) is 30.6. The summed E-state index contributed by atoms with van der Waals surface area (Å²) in [5.74, 6) is -0.947. The highest BCUT2D eigenvalue weighted by atomic mass is 16.6. The van der Waals surface area contributed by atoms with E-state index in [4.69, 9.17) is 19.3 Å². The van der Waals surface area contributed by atoms with Crippen molar-refractivity contribution in [2.75, 3.05) is 7.11 Å². The number of hydrogen-bond acceptors (Lipinski definition) is 7. The molecule has 0 saturated heterocycles. The van der Waals surface area contributed by atoms with Crippen LogP contribution in [0.5, 0.6) is 11.5 Å². The van der Waals surface area contributed by atoms with E-state index in [1.165, 1.54) is 0 Å². The van der Waals surface area contributed by atoms with Gasteiger partial charge in [0.2, 0.25) is 0 Å². The fraction of sp³-hybridized carbons (Fsp3) is 0.545. The van der Waals surface area contributed by atoms with E-state index in [0.717, 1.165) is 30.4 Å². The van der Waals surface area contributed by atoms with Gasteiger partial charge in [0.1, 0.15) is 5.76 Å². The van der Waals surface area contributed by atoms with Gasteiger partial charge in [-0.1, -0.05) is 12.5 Å². The number of aliphatic carboxylic acids is 1. The summed E-state index contributed by atoms with van der Waals surface area (Å²) in [4.78, 5) is 23.2. The summed E-state index contributed by atoms with van der Waals surface area (Å²) in [7, 11) is 1.55. The smallest absolute Gasteiger partial charge is 0.340 e. The Hall–Kier alpha value is -2.58. The lowest BCUT2D eigenvalue weighted by Crippen LogP contribution is -2.67. The third-order valence-electron chi connectivity index (χ3n) is 7.33. The Balaban J connectivity index is 1.59. The van der Waals surface area contributed by atoms with Crippen LogP contribution in [0.25, 0.3) is 0 Å². The van der Waals surface area contributed by atoms with Crippen molar-refractivity contribution in [3.8, 4) is 11.5 Å². The molecule has 0 aromatic heterocycles. The summed E-state index contributed by atoms with van der Waals surface area (Å²) >= 11 is 0. The van der Waals surface area contributed by atoms with E-state index in [1.54, 1.807) is 13.2 Å². The number of aliphatic hydroxyl groups excluding tert-OH is 1. The standard InChI is InChI=1S/C22H24O8/c1-28-14-5-4-11-9-12-3-2-7-21-17(11)18(14)30-19(21)15(6-8-22(12,21)27)29-20(26)13(23)10-16(24)25/h4-6,12-13,19,23,27H,2-3,7-10H2,1H3,(H,24,25)/t12-,13+,19+,21?,22-/m1/s1. The zero-order valence-corrected chi connectivity index (χ0v) is 16.6. The molecule has 8 nitrogen and oxygen atoms in total. The number of hydrogen-bond donors (Lipinski definition) is 3. The van der Waals surface area contributed by atoms with Crippen molar-refractivity contribution in [1.29, 1.82) is 0 Å². The van der Waals surface area contributed by atoms with Crippen LogP contribution in [0.4, 0.5) is 0 Å². The van der Waals surface area contributed by atoms with Gasteiger partial charge >= 0.3 is 11.9 Å². The summed E-state index contributed by atoms with van der Waals surface area (Å²) in [6.45, 7) is 0. The van der Waals surface area contributed by atoms with Gasteiger partial charge in [-0.15, -0.1) is 0 Å². The molecule has 5 atom stereocenters. The lowest BCUT2D eigenvalue weighted by atomic mass is 9.47. The number of methoxy groups -OCH3 is 1. The van der Waals surface area contributed by atoms with E-state index in [2.05, 4.69) is 0 Å². The highest BCUT2D eigenvalue weighted by Crippen LogP contribution is 2.67. The second kappa shape index (κ2) is 6.46. The molecule has 1 fully saturated rings. The molecule has 4 aliphatic rings. The largest absolute Gasteiger partial charge is 0.493 e. The van der Waals surface area contributed by atoms with Crippen molar-refractivity contribution in [3.63, 3.8) is 0 Å². The van der Waals surface area contributed by atoms with Gasteiger partial charge in [-0.25, -0.2) is 4.79 Å². The van der Waals surface area contributed by atoms with Crippen LogP contribution < -0.4 is 9.47 Å². The number of rotatable bonds is 5. The molecule has 3 aliphatic carbocycles. The summed E-state index contributed by atoms with van der Waals surface area (Å²) in [5.41, 5.74) is 0.241. The Labute approximate surface area is 173 Å². The van der Waals surface area contributed by atoms with E-state index in [-0.39, 0.29) is 11.7 Å². The highest BCUT2D eigenvalue weighted by molar-refractivity contribution is 5.81. The Morgan fingerprint density at radius 1 is 1.37 bits per heavy atom. The van der Waals surface area contributed by atoms with Crippen LogP contribution in [0, 0.1) is 5.92 Å². The molecule has 1 saturated carbocycles. The molecule has 0 amide bonds. The summed E-state index contributed by atoms with van der Waals surface area (Å²) < 4.78 is 17.3. The Morgan fingerprint density at radius 2 is 2.17 bits per heavy atom. The highest BCUT2D eigenvalue weighted by Gasteiger charge is 2.70. The number of esters is 1. The van der Waals surface area contributed by atoms with Crippen LogP contribution in [0.1, 0.15) is 43.2 Å². The number of carboxylic acid groups (broad SMARTS) is 1. The molecule has 2 bridgehead atoms. The average molecular weight is 416 g/mol. The van der Waals surface area contributed by atoms with Crippen LogP contribution in [-0.2, 0) is 26.2 Å². The topological polar surface area (TPSA) is 123 Å². The average Bonchev–Trinajstić information content (AvgIpc) is 3.04. The molecule has 1 heterocycles. The van der Waals surface area contributed by atoms with Gasteiger partial charge in [0.15, 0.2) is 23.7 Å². The van der Waals surface area contributed by atoms with Crippen molar-refractivity contribution in [1.82, 2.24) is 0 Å². The van der Waals surface area contributed by atoms with E-state index < -0.39 is 41.6 Å². The molecule has 30 heavy (non-hydrogen) atoms. The molecule has 8 heteroatoms. The quantitative estimate of drug-likeness (QED) is 0.617. The zero-order valence-electron chi connectivity index (χ0n) is 16.6. The first-order valence-electron chi connectivity index (χ1n) is 10.2. The van der Waals surface area contributed by atoms with Gasteiger partial charge in [0.05, 0.1) is 24.5 Å². The first-order chi connectivity index (χ1) is 14.3. The number of carbonyl (C=O) groups excluding carboxylic acids is 1. The molecule has 5 rings (SSSR count). The molecule has 1 unspecified atom stereocenters. The number of carboxylic acids is 1. The van der Waals surface area contributed by atoms with Gasteiger partial charge < -0.3 is 29.5 Å². The van der Waals surface area contributed by atoms with Crippen molar-refractivity contribution in [3.05, 3.63) is 35.1 Å². The van der Waals surface area contributed by atoms with E-state index >= 15 is 0 Å². The molecule has 1 spiro atoms. The van der Waals surface area contributed by atoms with E-state index in [1.807, 2.05) is 12.1 Å². The molecule has 1 aliphatic heterocycles. The Bertz CT molecular complexity index is 968. The minimum Gasteiger partial charge on any atom is -0.493 e. The molecule has 3 N–H and O–H groups in total. The Morgan fingerprint density at radius 3 is 2.90 bits per heavy atom. The van der Waals surface area contributed by atoms with Gasteiger partial charge in [0.25, 0.3) is 0 Å². The minimum atomic E-state index is -1.78.